The maximum Gasteiger partial charge on any atom is 0.435 e. The van der Waals surface area contributed by atoms with Crippen LogP contribution in [0.5, 0.6) is 0 Å². The summed E-state index contributed by atoms with van der Waals surface area (Å²) < 4.78 is 44.7. The van der Waals surface area contributed by atoms with Gasteiger partial charge < -0.3 is 4.74 Å². The number of hydrogen-bond acceptors (Lipinski definition) is 6. The van der Waals surface area contributed by atoms with E-state index in [1.54, 1.807) is 0 Å². The zero-order valence-electron chi connectivity index (χ0n) is 11.0. The average molecular weight is 331 g/mol. The Labute approximate surface area is 124 Å². The molecule has 0 aliphatic carbocycles. The molecule has 0 aromatic carbocycles. The van der Waals surface area contributed by atoms with Gasteiger partial charge in [-0.15, -0.1) is 11.3 Å². The van der Waals surface area contributed by atoms with E-state index < -0.39 is 17.8 Å². The first-order valence-electron chi connectivity index (χ1n) is 5.91. The standard InChI is InChI=1S/C11H8F3N5O2S/c1-19-9-5(8(18-19)11(12,13)14)2-6(22-9)10(20)21-3-7-15-4-16-17-7/h2,4H,3H2,1H3,(H,15,16,17). The third-order valence-corrected chi connectivity index (χ3v) is 3.97. The minimum absolute atomic E-state index is 0.0630. The number of halogens is 3. The number of aromatic amines is 1. The van der Waals surface area contributed by atoms with Crippen molar-refractivity contribution in [3.05, 3.63) is 28.8 Å². The molecule has 0 amide bonds. The van der Waals surface area contributed by atoms with E-state index in [1.165, 1.54) is 13.4 Å². The van der Waals surface area contributed by atoms with E-state index in [4.69, 9.17) is 4.74 Å². The van der Waals surface area contributed by atoms with Gasteiger partial charge in [0.25, 0.3) is 0 Å². The molecule has 0 aliphatic heterocycles. The number of aryl methyl sites for hydroxylation is 1. The van der Waals surface area contributed by atoms with E-state index in [0.29, 0.717) is 5.82 Å². The van der Waals surface area contributed by atoms with Crippen LogP contribution in [0.2, 0.25) is 0 Å². The summed E-state index contributed by atoms with van der Waals surface area (Å²) in [6.07, 6.45) is -3.33. The van der Waals surface area contributed by atoms with Crippen molar-refractivity contribution in [1.82, 2.24) is 25.0 Å². The van der Waals surface area contributed by atoms with E-state index in [-0.39, 0.29) is 21.7 Å². The Morgan fingerprint density at radius 1 is 1.50 bits per heavy atom. The highest BCUT2D eigenvalue weighted by molar-refractivity contribution is 7.20. The number of nitrogens with zero attached hydrogens (tertiary/aromatic N) is 4. The summed E-state index contributed by atoms with van der Waals surface area (Å²) in [6.45, 7) is -0.141. The molecule has 1 N–H and O–H groups in total. The van der Waals surface area contributed by atoms with Gasteiger partial charge in [-0.25, -0.2) is 9.78 Å². The van der Waals surface area contributed by atoms with Crippen LogP contribution in [0.1, 0.15) is 21.2 Å². The fourth-order valence-electron chi connectivity index (χ4n) is 1.86. The highest BCUT2D eigenvalue weighted by atomic mass is 32.1. The highest BCUT2D eigenvalue weighted by Crippen LogP contribution is 2.37. The van der Waals surface area contributed by atoms with Gasteiger partial charge in [-0.3, -0.25) is 9.78 Å². The first-order chi connectivity index (χ1) is 10.4. The summed E-state index contributed by atoms with van der Waals surface area (Å²) in [5.41, 5.74) is -1.02. The zero-order chi connectivity index (χ0) is 15.9. The number of carbonyl (C=O) groups excluding carboxylic acids is 1. The molecule has 11 heteroatoms. The third-order valence-electron chi connectivity index (χ3n) is 2.79. The average Bonchev–Trinajstić information content (AvgIpc) is 3.13. The van der Waals surface area contributed by atoms with E-state index >= 15 is 0 Å². The molecule has 0 saturated carbocycles. The predicted molar refractivity (Wildman–Crippen MR) is 69.1 cm³/mol. The van der Waals surface area contributed by atoms with Crippen molar-refractivity contribution in [2.24, 2.45) is 7.05 Å². The molecule has 3 aromatic heterocycles. The molecule has 3 rings (SSSR count). The van der Waals surface area contributed by atoms with Crippen LogP contribution in [-0.4, -0.2) is 30.9 Å². The molecular weight excluding hydrogens is 323 g/mol. The minimum atomic E-state index is -4.58. The van der Waals surface area contributed by atoms with Gasteiger partial charge in [0, 0.05) is 12.4 Å². The Morgan fingerprint density at radius 3 is 2.91 bits per heavy atom. The molecule has 0 atom stereocenters. The summed E-state index contributed by atoms with van der Waals surface area (Å²) in [7, 11) is 1.39. The Bertz CT molecular complexity index is 821. The van der Waals surface area contributed by atoms with Gasteiger partial charge in [0.05, 0.1) is 0 Å². The fourth-order valence-corrected chi connectivity index (χ4v) is 2.82. The molecule has 3 heterocycles. The molecule has 0 fully saturated rings. The quantitative estimate of drug-likeness (QED) is 0.743. The van der Waals surface area contributed by atoms with Crippen molar-refractivity contribution in [2.75, 3.05) is 0 Å². The Morgan fingerprint density at radius 2 is 2.27 bits per heavy atom. The summed E-state index contributed by atoms with van der Waals surface area (Å²) in [5.74, 6) is -0.391. The summed E-state index contributed by atoms with van der Waals surface area (Å²) in [5, 5.41) is 9.41. The Hall–Kier alpha value is -2.43. The summed E-state index contributed by atoms with van der Waals surface area (Å²) >= 11 is 0.886. The monoisotopic (exact) mass is 331 g/mol. The van der Waals surface area contributed by atoms with Gasteiger partial charge in [0.2, 0.25) is 0 Å². The predicted octanol–water partition coefficient (Wildman–Crippen LogP) is 2.13. The number of thiophene rings is 1. The Kier molecular flexibility index (Phi) is 3.35. The lowest BCUT2D eigenvalue weighted by Gasteiger charge is -2.01. The molecule has 0 spiro atoms. The molecule has 7 nitrogen and oxygen atoms in total. The van der Waals surface area contributed by atoms with Gasteiger partial charge in [0.1, 0.15) is 16.0 Å². The topological polar surface area (TPSA) is 85.7 Å². The van der Waals surface area contributed by atoms with Gasteiger partial charge in [-0.1, -0.05) is 0 Å². The van der Waals surface area contributed by atoms with Crippen molar-refractivity contribution in [3.8, 4) is 0 Å². The van der Waals surface area contributed by atoms with Crippen LogP contribution >= 0.6 is 11.3 Å². The molecule has 0 radical (unpaired) electrons. The molecule has 0 bridgehead atoms. The smallest absolute Gasteiger partial charge is 0.435 e. The number of hydrogen-bond donors (Lipinski definition) is 1. The summed E-state index contributed by atoms with van der Waals surface area (Å²) in [6, 6.07) is 1.14. The molecule has 0 unspecified atom stereocenters. The van der Waals surface area contributed by atoms with Crippen LogP contribution in [-0.2, 0) is 24.6 Å². The summed E-state index contributed by atoms with van der Waals surface area (Å²) in [4.78, 5) is 16.0. The second-order valence-corrected chi connectivity index (χ2v) is 5.34. The molecular formula is C11H8F3N5O2S. The number of alkyl halides is 3. The van der Waals surface area contributed by atoms with E-state index in [9.17, 15) is 18.0 Å². The zero-order valence-corrected chi connectivity index (χ0v) is 11.8. The third kappa shape index (κ3) is 2.54. The number of nitrogens with one attached hydrogen (secondary N) is 1. The lowest BCUT2D eigenvalue weighted by atomic mass is 10.3. The van der Waals surface area contributed by atoms with Gasteiger partial charge in [0.15, 0.2) is 18.1 Å². The van der Waals surface area contributed by atoms with E-state index in [2.05, 4.69) is 20.3 Å². The van der Waals surface area contributed by atoms with Crippen LogP contribution in [0, 0.1) is 0 Å². The number of aromatic nitrogens is 5. The fraction of sp³-hybridized carbons (Fsp3) is 0.273. The van der Waals surface area contributed by atoms with E-state index in [0.717, 1.165) is 22.1 Å². The SMILES string of the molecule is Cn1nc(C(F)(F)F)c2cc(C(=O)OCc3ncn[nH]3)sc21. The van der Waals surface area contributed by atoms with Crippen molar-refractivity contribution in [1.29, 1.82) is 0 Å². The largest absolute Gasteiger partial charge is 0.453 e. The lowest BCUT2D eigenvalue weighted by molar-refractivity contribution is -0.140. The van der Waals surface area contributed by atoms with Gasteiger partial charge >= 0.3 is 12.1 Å². The number of esters is 1. The highest BCUT2D eigenvalue weighted by Gasteiger charge is 2.37. The molecule has 116 valence electrons. The Balaban J connectivity index is 1.87. The number of carbonyl (C=O) groups is 1. The minimum Gasteiger partial charge on any atom is -0.453 e. The maximum atomic E-state index is 12.9. The van der Waals surface area contributed by atoms with E-state index in [1.807, 2.05) is 0 Å². The van der Waals surface area contributed by atoms with Crippen molar-refractivity contribution in [3.63, 3.8) is 0 Å². The lowest BCUT2D eigenvalue weighted by Crippen LogP contribution is -2.08. The number of H-pyrrole nitrogens is 1. The number of fused-ring (bicyclic) bond motifs is 1. The first kappa shape index (κ1) is 14.5. The molecule has 3 aromatic rings. The second-order valence-electron chi connectivity index (χ2n) is 4.31. The number of ether oxygens (including phenoxy) is 1. The molecule has 22 heavy (non-hydrogen) atoms. The molecule has 0 aliphatic rings. The van der Waals surface area contributed by atoms with Crippen LogP contribution in [0.3, 0.4) is 0 Å². The maximum absolute atomic E-state index is 12.9. The normalized spacial score (nSPS) is 12.0. The first-order valence-corrected chi connectivity index (χ1v) is 6.73. The second kappa shape index (κ2) is 5.09. The van der Waals surface area contributed by atoms with Crippen LogP contribution in [0.15, 0.2) is 12.4 Å². The van der Waals surface area contributed by atoms with Crippen molar-refractivity contribution >= 4 is 27.5 Å². The van der Waals surface area contributed by atoms with Crippen LogP contribution in [0.4, 0.5) is 13.2 Å². The van der Waals surface area contributed by atoms with Crippen molar-refractivity contribution in [2.45, 2.75) is 12.8 Å². The van der Waals surface area contributed by atoms with Gasteiger partial charge in [-0.2, -0.15) is 23.4 Å². The number of rotatable bonds is 3. The van der Waals surface area contributed by atoms with Gasteiger partial charge in [-0.05, 0) is 6.07 Å². The van der Waals surface area contributed by atoms with Crippen LogP contribution in [0.25, 0.3) is 10.2 Å². The van der Waals surface area contributed by atoms with Crippen molar-refractivity contribution < 1.29 is 22.7 Å². The molecule has 0 saturated heterocycles. The van der Waals surface area contributed by atoms with Crippen LogP contribution < -0.4 is 0 Å².